The summed E-state index contributed by atoms with van der Waals surface area (Å²) in [6.45, 7) is 8.95. The Bertz CT molecular complexity index is 1050. The molecule has 3 aliphatic rings. The molecule has 1 saturated carbocycles. The molecule has 8 heteroatoms. The lowest BCUT2D eigenvalue weighted by atomic mass is 10.1. The molecule has 3 heterocycles. The van der Waals surface area contributed by atoms with Crippen LogP contribution in [0.25, 0.3) is 0 Å². The molecule has 6 nitrogen and oxygen atoms in total. The van der Waals surface area contributed by atoms with E-state index >= 15 is 0 Å². The molecule has 170 valence electrons. The number of fused-ring (bicyclic) bond motifs is 1. The summed E-state index contributed by atoms with van der Waals surface area (Å²) in [5, 5.41) is 14.7. The van der Waals surface area contributed by atoms with Gasteiger partial charge in [0.2, 0.25) is 0 Å². The lowest BCUT2D eigenvalue weighted by Crippen LogP contribution is -2.38. The van der Waals surface area contributed by atoms with E-state index in [-0.39, 0.29) is 5.91 Å². The highest BCUT2D eigenvalue weighted by Crippen LogP contribution is 2.60. The van der Waals surface area contributed by atoms with Gasteiger partial charge in [0.05, 0.1) is 5.69 Å². The van der Waals surface area contributed by atoms with E-state index < -0.39 is 6.35 Å². The van der Waals surface area contributed by atoms with Crippen molar-refractivity contribution in [1.82, 2.24) is 15.2 Å². The minimum Gasteiger partial charge on any atom is -0.361 e. The van der Waals surface area contributed by atoms with Gasteiger partial charge in [0.15, 0.2) is 11.5 Å². The largest absolute Gasteiger partial charge is 0.361 e. The zero-order chi connectivity index (χ0) is 22.5. The summed E-state index contributed by atoms with van der Waals surface area (Å²) in [5.41, 5.74) is 3.12. The Morgan fingerprint density at radius 2 is 2.06 bits per heavy atom. The van der Waals surface area contributed by atoms with Crippen LogP contribution in [0.3, 0.4) is 0 Å². The molecule has 2 aromatic rings. The molecule has 1 amide bonds. The molecule has 2 N–H and O–H groups in total. The molecule has 3 atom stereocenters. The molecular weight excluding hydrogens is 440 g/mol. The second-order valence-corrected chi connectivity index (χ2v) is 12.0. The maximum absolute atomic E-state index is 12.9. The fourth-order valence-corrected chi connectivity index (χ4v) is 7.02. The van der Waals surface area contributed by atoms with Gasteiger partial charge in [0.1, 0.15) is 4.88 Å². The molecule has 32 heavy (non-hydrogen) atoms. The molecule has 0 radical (unpaired) electrons. The van der Waals surface area contributed by atoms with Gasteiger partial charge in [-0.25, -0.2) is 4.98 Å². The van der Waals surface area contributed by atoms with Crippen LogP contribution in [0.4, 0.5) is 5.13 Å². The first-order valence-electron chi connectivity index (χ1n) is 11.2. The molecule has 1 aromatic carbocycles. The summed E-state index contributed by atoms with van der Waals surface area (Å²) in [6, 6.07) is 8.39. The highest BCUT2D eigenvalue weighted by atomic mass is 32.2. The topological polar surface area (TPSA) is 68.7 Å². The number of anilines is 1. The molecule has 5 rings (SSSR count). The van der Waals surface area contributed by atoms with E-state index in [1.165, 1.54) is 33.8 Å². The first kappa shape index (κ1) is 21.9. The zero-order valence-electron chi connectivity index (χ0n) is 18.8. The van der Waals surface area contributed by atoms with E-state index in [4.69, 9.17) is 0 Å². The predicted octanol–water partition coefficient (Wildman–Crippen LogP) is 3.89. The molecule has 2 aliphatic heterocycles. The number of hydrogen-bond donors (Lipinski definition) is 2. The average molecular weight is 471 g/mol. The second kappa shape index (κ2) is 8.48. The van der Waals surface area contributed by atoms with Crippen molar-refractivity contribution in [3.8, 4) is 0 Å². The lowest BCUT2D eigenvalue weighted by Gasteiger charge is -2.25. The van der Waals surface area contributed by atoms with Crippen LogP contribution >= 0.6 is 23.1 Å². The van der Waals surface area contributed by atoms with Crippen molar-refractivity contribution < 1.29 is 9.90 Å². The number of aliphatic hydroxyl groups is 1. The van der Waals surface area contributed by atoms with Crippen molar-refractivity contribution >= 4 is 34.1 Å². The third kappa shape index (κ3) is 4.33. The fourth-order valence-electron chi connectivity index (χ4n) is 4.52. The summed E-state index contributed by atoms with van der Waals surface area (Å²) in [6.07, 6.45) is 3.94. The Hall–Kier alpha value is -1.87. The number of allylic oxidation sites excluding steroid dienone is 1. The molecule has 1 aliphatic carbocycles. The van der Waals surface area contributed by atoms with E-state index in [1.807, 2.05) is 28.5 Å². The number of nitrogens with one attached hydrogen (secondary N) is 1. The zero-order valence-corrected chi connectivity index (χ0v) is 20.4. The Kier molecular flexibility index (Phi) is 5.82. The summed E-state index contributed by atoms with van der Waals surface area (Å²) in [5.74, 6) is 0.733. The molecule has 3 unspecified atom stereocenters. The highest BCUT2D eigenvalue weighted by molar-refractivity contribution is 8.04. The van der Waals surface area contributed by atoms with Gasteiger partial charge in [0, 0.05) is 35.8 Å². The first-order valence-corrected chi connectivity index (χ1v) is 12.8. The number of aliphatic hydroxyl groups excluding tert-OH is 1. The van der Waals surface area contributed by atoms with Gasteiger partial charge in [-0.3, -0.25) is 9.69 Å². The summed E-state index contributed by atoms with van der Waals surface area (Å²) in [7, 11) is 0. The minimum atomic E-state index is -0.742. The number of thiazole rings is 1. The Morgan fingerprint density at radius 3 is 2.81 bits per heavy atom. The predicted molar refractivity (Wildman–Crippen MR) is 131 cm³/mol. The van der Waals surface area contributed by atoms with Gasteiger partial charge in [-0.15, -0.1) is 11.8 Å². The highest BCUT2D eigenvalue weighted by Gasteiger charge is 2.52. The van der Waals surface area contributed by atoms with E-state index in [0.29, 0.717) is 40.1 Å². The Balaban J connectivity index is 1.20. The maximum atomic E-state index is 12.9. The molecule has 0 bridgehead atoms. The second-order valence-electron chi connectivity index (χ2n) is 9.31. The lowest BCUT2D eigenvalue weighted by molar-refractivity contribution is 0.0343. The quantitative estimate of drug-likeness (QED) is 0.668. The summed E-state index contributed by atoms with van der Waals surface area (Å²) >= 11 is 3.28. The minimum absolute atomic E-state index is 0.0824. The Labute approximate surface area is 197 Å². The van der Waals surface area contributed by atoms with Crippen molar-refractivity contribution in [2.24, 2.45) is 5.92 Å². The molecular formula is C24H30N4O2S2. The van der Waals surface area contributed by atoms with Crippen LogP contribution in [0.15, 0.2) is 35.2 Å². The first-order chi connectivity index (χ1) is 15.3. The number of nitrogens with zero attached hydrogens (tertiary/aromatic N) is 3. The third-order valence-corrected chi connectivity index (χ3v) is 9.48. The number of thioether (sulfide) groups is 1. The van der Waals surface area contributed by atoms with Crippen LogP contribution in [-0.2, 0) is 6.54 Å². The molecule has 1 saturated heterocycles. The number of aryl methyl sites for hydroxylation is 2. The fraction of sp³-hybridized carbons (Fsp3) is 0.500. The number of rotatable bonds is 6. The molecule has 0 spiro atoms. The van der Waals surface area contributed by atoms with Gasteiger partial charge in [-0.1, -0.05) is 47.2 Å². The normalized spacial score (nSPS) is 27.2. The van der Waals surface area contributed by atoms with E-state index in [0.717, 1.165) is 18.9 Å². The summed E-state index contributed by atoms with van der Waals surface area (Å²) < 4.78 is 0.388. The smallest absolute Gasteiger partial charge is 0.263 e. The van der Waals surface area contributed by atoms with Crippen LogP contribution in [-0.4, -0.2) is 51.6 Å². The number of hydrogen-bond acceptors (Lipinski definition) is 7. The van der Waals surface area contributed by atoms with Gasteiger partial charge in [-0.05, 0) is 45.1 Å². The van der Waals surface area contributed by atoms with Crippen molar-refractivity contribution in [3.05, 3.63) is 56.9 Å². The van der Waals surface area contributed by atoms with Crippen LogP contribution < -0.4 is 10.2 Å². The van der Waals surface area contributed by atoms with Gasteiger partial charge >= 0.3 is 0 Å². The van der Waals surface area contributed by atoms with Crippen LogP contribution in [0.1, 0.15) is 46.3 Å². The molecule has 2 fully saturated rings. The van der Waals surface area contributed by atoms with Crippen molar-refractivity contribution in [1.29, 1.82) is 0 Å². The third-order valence-electron chi connectivity index (χ3n) is 6.75. The monoisotopic (exact) mass is 470 g/mol. The SMILES string of the molecule is Cc1ccc(CN2CCN(c3nc(C)c(C(=O)NCC4=CCC5CC5(C)S4)s3)C2O)cc1. The van der Waals surface area contributed by atoms with E-state index in [2.05, 4.69) is 54.5 Å². The van der Waals surface area contributed by atoms with Crippen molar-refractivity contribution in [2.75, 3.05) is 24.5 Å². The van der Waals surface area contributed by atoms with Gasteiger partial charge < -0.3 is 15.3 Å². The Morgan fingerprint density at radius 1 is 1.28 bits per heavy atom. The number of benzene rings is 1. The van der Waals surface area contributed by atoms with Crippen LogP contribution in [0.5, 0.6) is 0 Å². The number of amides is 1. The van der Waals surface area contributed by atoms with Crippen LogP contribution in [0, 0.1) is 19.8 Å². The average Bonchev–Trinajstić information content (AvgIpc) is 3.10. The van der Waals surface area contributed by atoms with Crippen molar-refractivity contribution in [3.63, 3.8) is 0 Å². The van der Waals surface area contributed by atoms with Crippen molar-refractivity contribution in [2.45, 2.75) is 51.3 Å². The van der Waals surface area contributed by atoms with E-state index in [1.54, 1.807) is 0 Å². The van der Waals surface area contributed by atoms with E-state index in [9.17, 15) is 9.90 Å². The number of carbonyl (C=O) groups is 1. The summed E-state index contributed by atoms with van der Waals surface area (Å²) in [4.78, 5) is 23.3. The van der Waals surface area contributed by atoms with Crippen LogP contribution in [0.2, 0.25) is 0 Å². The van der Waals surface area contributed by atoms with Gasteiger partial charge in [0.25, 0.3) is 5.91 Å². The number of aromatic nitrogens is 1. The standard InChI is InChI=1S/C24H30N4O2S2/c1-15-4-6-17(7-5-15)14-27-10-11-28(23(27)30)22-26-16(2)20(31-22)21(29)25-13-19-9-8-18-12-24(18,3)32-19/h4-7,9,18,23,30H,8,10-14H2,1-3H3,(H,25,29). The van der Waals surface area contributed by atoms with Gasteiger partial charge in [-0.2, -0.15) is 0 Å². The molecule has 1 aromatic heterocycles. The maximum Gasteiger partial charge on any atom is 0.263 e. The number of carbonyl (C=O) groups excluding carboxylic acids is 1.